The van der Waals surface area contributed by atoms with Crippen LogP contribution in [0.1, 0.15) is 57.6 Å². The topological polar surface area (TPSA) is 67.8 Å². The van der Waals surface area contributed by atoms with E-state index in [2.05, 4.69) is 17.4 Å². The number of rotatable bonds is 5. The van der Waals surface area contributed by atoms with E-state index in [-0.39, 0.29) is 23.7 Å². The first-order chi connectivity index (χ1) is 13.7. The van der Waals surface area contributed by atoms with Crippen molar-refractivity contribution in [2.45, 2.75) is 69.6 Å². The van der Waals surface area contributed by atoms with Crippen LogP contribution in [0.25, 0.3) is 0 Å². The van der Waals surface area contributed by atoms with Gasteiger partial charge in [0, 0.05) is 24.3 Å². The van der Waals surface area contributed by atoms with Crippen molar-refractivity contribution in [2.75, 3.05) is 0 Å². The molecule has 1 amide bonds. The molecule has 2 aliphatic rings. The maximum absolute atomic E-state index is 11.8. The molecule has 2 fully saturated rings. The van der Waals surface area contributed by atoms with E-state index < -0.39 is 5.60 Å². The first-order valence-electron chi connectivity index (χ1n) is 10.3. The summed E-state index contributed by atoms with van der Waals surface area (Å²) in [7, 11) is 0. The molecule has 0 spiro atoms. The number of carbonyl (C=O) groups is 1. The van der Waals surface area contributed by atoms with E-state index in [1.165, 1.54) is 11.1 Å². The number of nitrogens with one attached hydrogen (secondary N) is 1. The second kappa shape index (κ2) is 7.29. The molecule has 2 aromatic rings. The van der Waals surface area contributed by atoms with E-state index in [4.69, 9.17) is 9.47 Å². The summed E-state index contributed by atoms with van der Waals surface area (Å²) >= 11 is 0. The van der Waals surface area contributed by atoms with Crippen LogP contribution < -0.4 is 10.1 Å². The van der Waals surface area contributed by atoms with Crippen molar-refractivity contribution in [3.63, 3.8) is 0 Å². The zero-order valence-corrected chi connectivity index (χ0v) is 17.3. The van der Waals surface area contributed by atoms with Crippen LogP contribution in [0.2, 0.25) is 0 Å². The fourth-order valence-corrected chi connectivity index (χ4v) is 3.95. The average molecular weight is 395 g/mol. The Labute approximate surface area is 172 Å². The Kier molecular flexibility index (Phi) is 4.93. The van der Waals surface area contributed by atoms with E-state index in [0.717, 1.165) is 31.4 Å². The van der Waals surface area contributed by atoms with E-state index >= 15 is 0 Å². The second-order valence-corrected chi connectivity index (χ2v) is 9.21. The summed E-state index contributed by atoms with van der Waals surface area (Å²) in [6.45, 7) is 5.57. The molecule has 0 aromatic heterocycles. The highest BCUT2D eigenvalue weighted by Crippen LogP contribution is 2.53. The summed E-state index contributed by atoms with van der Waals surface area (Å²) in [6.07, 6.45) is 3.58. The van der Waals surface area contributed by atoms with Gasteiger partial charge < -0.3 is 19.9 Å². The molecule has 2 saturated carbocycles. The lowest BCUT2D eigenvalue weighted by atomic mass is 9.88. The van der Waals surface area contributed by atoms with Crippen molar-refractivity contribution in [1.29, 1.82) is 0 Å². The third-order valence-electron chi connectivity index (χ3n) is 5.70. The first kappa shape index (κ1) is 19.6. The van der Waals surface area contributed by atoms with Crippen molar-refractivity contribution in [3.8, 4) is 11.5 Å². The fourth-order valence-electron chi connectivity index (χ4n) is 3.95. The molecule has 0 heterocycles. The molecule has 29 heavy (non-hydrogen) atoms. The lowest BCUT2D eigenvalue weighted by Gasteiger charge is -2.36. The lowest BCUT2D eigenvalue weighted by Crippen LogP contribution is -2.50. The zero-order chi connectivity index (χ0) is 20.6. The molecule has 0 saturated heterocycles. The number of phenols is 1. The van der Waals surface area contributed by atoms with Crippen LogP contribution in [0.15, 0.2) is 48.5 Å². The monoisotopic (exact) mass is 395 g/mol. The van der Waals surface area contributed by atoms with E-state index in [1.807, 2.05) is 45.0 Å². The molecule has 0 aliphatic heterocycles. The highest BCUT2D eigenvalue weighted by atomic mass is 16.6. The Balaban J connectivity index is 1.29. The molecule has 0 radical (unpaired) electrons. The van der Waals surface area contributed by atoms with Gasteiger partial charge in [0.2, 0.25) is 0 Å². The molecule has 0 bridgehead atoms. The largest absolute Gasteiger partial charge is 0.508 e. The summed E-state index contributed by atoms with van der Waals surface area (Å²) in [5.41, 5.74) is 2.13. The van der Waals surface area contributed by atoms with Crippen LogP contribution in [0.3, 0.4) is 0 Å². The highest BCUT2D eigenvalue weighted by molar-refractivity contribution is 5.68. The van der Waals surface area contributed by atoms with Gasteiger partial charge in [0.15, 0.2) is 0 Å². The van der Waals surface area contributed by atoms with Gasteiger partial charge in [-0.1, -0.05) is 24.3 Å². The highest BCUT2D eigenvalue weighted by Gasteiger charge is 2.45. The van der Waals surface area contributed by atoms with Crippen LogP contribution in [0.4, 0.5) is 4.79 Å². The molecule has 154 valence electrons. The number of ether oxygens (including phenoxy) is 2. The third-order valence-corrected chi connectivity index (χ3v) is 5.70. The Hall–Kier alpha value is -2.69. The van der Waals surface area contributed by atoms with Crippen LogP contribution >= 0.6 is 0 Å². The number of amides is 1. The van der Waals surface area contributed by atoms with Crippen LogP contribution in [0.5, 0.6) is 11.5 Å². The predicted molar refractivity (Wildman–Crippen MR) is 111 cm³/mol. The zero-order valence-electron chi connectivity index (χ0n) is 17.3. The average Bonchev–Trinajstić information content (AvgIpc) is 3.41. The molecule has 2 N–H and O–H groups in total. The van der Waals surface area contributed by atoms with Crippen molar-refractivity contribution in [1.82, 2.24) is 5.32 Å². The van der Waals surface area contributed by atoms with Gasteiger partial charge >= 0.3 is 6.09 Å². The molecular formula is C24H29NO4. The Morgan fingerprint density at radius 2 is 1.55 bits per heavy atom. The van der Waals surface area contributed by atoms with E-state index in [0.29, 0.717) is 5.75 Å². The molecule has 2 aromatic carbocycles. The summed E-state index contributed by atoms with van der Waals surface area (Å²) in [6, 6.07) is 16.0. The summed E-state index contributed by atoms with van der Waals surface area (Å²) in [4.78, 5) is 11.8. The lowest BCUT2D eigenvalue weighted by molar-refractivity contribution is 0.0363. The summed E-state index contributed by atoms with van der Waals surface area (Å²) in [5.74, 6) is 1.16. The molecule has 5 heteroatoms. The van der Waals surface area contributed by atoms with Crippen molar-refractivity contribution < 1.29 is 19.4 Å². The van der Waals surface area contributed by atoms with Crippen LogP contribution in [-0.2, 0) is 10.2 Å². The van der Waals surface area contributed by atoms with E-state index in [9.17, 15) is 9.90 Å². The van der Waals surface area contributed by atoms with Crippen molar-refractivity contribution >= 4 is 6.09 Å². The van der Waals surface area contributed by atoms with Gasteiger partial charge in [-0.25, -0.2) is 4.79 Å². The van der Waals surface area contributed by atoms with Crippen LogP contribution in [-0.4, -0.2) is 28.9 Å². The minimum atomic E-state index is -0.482. The minimum Gasteiger partial charge on any atom is -0.508 e. The van der Waals surface area contributed by atoms with Gasteiger partial charge in [-0.3, -0.25) is 0 Å². The normalized spacial score (nSPS) is 22.3. The molecule has 2 aliphatic carbocycles. The number of phenolic OH excluding ortho intramolecular Hbond substituents is 1. The SMILES string of the molecule is CC(C)(C)OC(=O)NC1CC(Oc2ccc(C3(c4ccc(O)cc4)CC3)cc2)C1. The van der Waals surface area contributed by atoms with Gasteiger partial charge in [0.05, 0.1) is 0 Å². The summed E-state index contributed by atoms with van der Waals surface area (Å²) < 4.78 is 11.3. The maximum Gasteiger partial charge on any atom is 0.407 e. The van der Waals surface area contributed by atoms with Crippen LogP contribution in [0, 0.1) is 0 Å². The molecule has 5 nitrogen and oxygen atoms in total. The number of benzene rings is 2. The Bertz CT molecular complexity index is 857. The first-order valence-corrected chi connectivity index (χ1v) is 10.3. The molecule has 0 atom stereocenters. The van der Waals surface area contributed by atoms with Gasteiger partial charge in [-0.05, 0) is 69.0 Å². The van der Waals surface area contributed by atoms with Gasteiger partial charge in [-0.15, -0.1) is 0 Å². The third kappa shape index (κ3) is 4.50. The van der Waals surface area contributed by atoms with Crippen molar-refractivity contribution in [3.05, 3.63) is 59.7 Å². The predicted octanol–water partition coefficient (Wildman–Crippen LogP) is 4.91. The van der Waals surface area contributed by atoms with Gasteiger partial charge in [0.25, 0.3) is 0 Å². The molecule has 0 unspecified atom stereocenters. The molecular weight excluding hydrogens is 366 g/mol. The molecule has 4 rings (SSSR count). The number of hydrogen-bond acceptors (Lipinski definition) is 4. The Morgan fingerprint density at radius 3 is 2.07 bits per heavy atom. The minimum absolute atomic E-state index is 0.0745. The number of aromatic hydroxyl groups is 1. The smallest absolute Gasteiger partial charge is 0.407 e. The number of carbonyl (C=O) groups excluding carboxylic acids is 1. The van der Waals surface area contributed by atoms with Gasteiger partial charge in [0.1, 0.15) is 23.2 Å². The quantitative estimate of drug-likeness (QED) is 0.755. The standard InChI is InChI=1S/C24H29NO4/c1-23(2,3)29-22(27)25-18-14-21(15-18)28-20-10-6-17(7-11-20)24(12-13-24)16-4-8-19(26)9-5-16/h4-11,18,21,26H,12-15H2,1-3H3,(H,25,27). The Morgan fingerprint density at radius 1 is 1.00 bits per heavy atom. The van der Waals surface area contributed by atoms with Gasteiger partial charge in [-0.2, -0.15) is 0 Å². The number of alkyl carbamates (subject to hydrolysis) is 1. The number of hydrogen-bond donors (Lipinski definition) is 2. The maximum atomic E-state index is 11.8. The van der Waals surface area contributed by atoms with E-state index in [1.54, 1.807) is 12.1 Å². The fraction of sp³-hybridized carbons (Fsp3) is 0.458. The second-order valence-electron chi connectivity index (χ2n) is 9.21. The van der Waals surface area contributed by atoms with Crippen molar-refractivity contribution in [2.24, 2.45) is 0 Å². The summed E-state index contributed by atoms with van der Waals surface area (Å²) in [5, 5.41) is 12.4.